The van der Waals surface area contributed by atoms with Crippen LogP contribution >= 0.6 is 0 Å². The van der Waals surface area contributed by atoms with Crippen LogP contribution in [0.4, 0.5) is 0 Å². The monoisotopic (exact) mass is 359 g/mol. The standard InChI is InChI=1S/C22H33NO3/c1-5-6-7-11-17-19(23-13-14(2)3)21(25)18(22(26)20(17)24)16-10-8-9-15(4)12-16/h12,14,16,23,25H,5-11,13H2,1-4H3/t16-/m0/s1. The third-order valence-electron chi connectivity index (χ3n) is 5.18. The summed E-state index contributed by atoms with van der Waals surface area (Å²) < 4.78 is 0. The molecule has 0 amide bonds. The van der Waals surface area contributed by atoms with Crippen molar-refractivity contribution in [1.82, 2.24) is 5.32 Å². The highest BCUT2D eigenvalue weighted by Gasteiger charge is 2.38. The van der Waals surface area contributed by atoms with Gasteiger partial charge in [0.05, 0.1) is 11.3 Å². The van der Waals surface area contributed by atoms with E-state index in [1.165, 1.54) is 5.57 Å². The first-order valence-electron chi connectivity index (χ1n) is 10.0. The molecular formula is C22H33NO3. The van der Waals surface area contributed by atoms with E-state index < -0.39 is 11.6 Å². The Morgan fingerprint density at radius 2 is 1.96 bits per heavy atom. The molecule has 0 saturated carbocycles. The van der Waals surface area contributed by atoms with Crippen LogP contribution in [0.15, 0.2) is 34.3 Å². The number of aliphatic hydroxyl groups excluding tert-OH is 1. The molecule has 0 unspecified atom stereocenters. The molecule has 0 aromatic carbocycles. The Kier molecular flexibility index (Phi) is 7.24. The highest BCUT2D eigenvalue weighted by atomic mass is 16.3. The first-order valence-corrected chi connectivity index (χ1v) is 10.0. The highest BCUT2D eigenvalue weighted by Crippen LogP contribution is 2.36. The molecule has 0 aromatic heterocycles. The van der Waals surface area contributed by atoms with Gasteiger partial charge in [-0.05, 0) is 44.9 Å². The fourth-order valence-corrected chi connectivity index (χ4v) is 3.73. The highest BCUT2D eigenvalue weighted by molar-refractivity contribution is 6.50. The Balaban J connectivity index is 2.44. The van der Waals surface area contributed by atoms with Crippen LogP contribution in [0.25, 0.3) is 0 Å². The molecule has 2 aliphatic rings. The summed E-state index contributed by atoms with van der Waals surface area (Å²) in [4.78, 5) is 25.7. The van der Waals surface area contributed by atoms with Crippen LogP contribution in [-0.4, -0.2) is 23.2 Å². The number of unbranched alkanes of at least 4 members (excludes halogenated alkanes) is 2. The van der Waals surface area contributed by atoms with E-state index in [1.807, 2.05) is 13.0 Å². The number of Topliss-reactive ketones (excluding diaryl/α,β-unsaturated/α-hetero) is 2. The largest absolute Gasteiger partial charge is 0.505 e. The number of carbonyl (C=O) groups is 2. The third kappa shape index (κ3) is 4.66. The second-order valence-electron chi connectivity index (χ2n) is 8.02. The lowest BCUT2D eigenvalue weighted by Gasteiger charge is -2.28. The van der Waals surface area contributed by atoms with Gasteiger partial charge in [-0.3, -0.25) is 9.59 Å². The van der Waals surface area contributed by atoms with E-state index in [1.54, 1.807) is 0 Å². The molecule has 0 fully saturated rings. The maximum atomic E-state index is 12.8. The molecule has 0 heterocycles. The predicted octanol–water partition coefficient (Wildman–Crippen LogP) is 4.78. The second-order valence-corrected chi connectivity index (χ2v) is 8.02. The van der Waals surface area contributed by atoms with Gasteiger partial charge in [-0.25, -0.2) is 0 Å². The van der Waals surface area contributed by atoms with Gasteiger partial charge in [0.2, 0.25) is 11.6 Å². The molecule has 2 N–H and O–H groups in total. The normalized spacial score (nSPS) is 21.6. The molecule has 1 atom stereocenters. The summed E-state index contributed by atoms with van der Waals surface area (Å²) in [6.45, 7) is 8.96. The lowest BCUT2D eigenvalue weighted by atomic mass is 9.78. The minimum Gasteiger partial charge on any atom is -0.505 e. The minimum absolute atomic E-state index is 0.00213. The van der Waals surface area contributed by atoms with Gasteiger partial charge < -0.3 is 10.4 Å². The predicted molar refractivity (Wildman–Crippen MR) is 105 cm³/mol. The summed E-state index contributed by atoms with van der Waals surface area (Å²) in [6.07, 6.45) is 8.28. The quantitative estimate of drug-likeness (QED) is 0.283. The Hall–Kier alpha value is -1.84. The SMILES string of the molecule is CCCCCC1=C(NCC(C)C)C(O)=C([C@@H]2C=C(C)CCC2)C(=O)C1=O. The summed E-state index contributed by atoms with van der Waals surface area (Å²) >= 11 is 0. The van der Waals surface area contributed by atoms with E-state index in [-0.39, 0.29) is 11.7 Å². The van der Waals surface area contributed by atoms with Gasteiger partial charge >= 0.3 is 0 Å². The van der Waals surface area contributed by atoms with E-state index in [0.717, 1.165) is 38.5 Å². The topological polar surface area (TPSA) is 66.4 Å². The van der Waals surface area contributed by atoms with Crippen molar-refractivity contribution < 1.29 is 14.7 Å². The Morgan fingerprint density at radius 1 is 1.23 bits per heavy atom. The van der Waals surface area contributed by atoms with Crippen molar-refractivity contribution in [2.24, 2.45) is 11.8 Å². The molecule has 0 bridgehead atoms. The summed E-state index contributed by atoms with van der Waals surface area (Å²) in [5, 5.41) is 14.2. The number of carbonyl (C=O) groups excluding carboxylic acids is 2. The molecule has 0 spiro atoms. The van der Waals surface area contributed by atoms with Crippen LogP contribution in [0.2, 0.25) is 0 Å². The average molecular weight is 360 g/mol. The molecule has 144 valence electrons. The molecule has 2 rings (SSSR count). The molecule has 4 nitrogen and oxygen atoms in total. The maximum absolute atomic E-state index is 12.8. The molecule has 2 aliphatic carbocycles. The van der Waals surface area contributed by atoms with E-state index in [0.29, 0.717) is 35.7 Å². The number of hydrogen-bond acceptors (Lipinski definition) is 4. The average Bonchev–Trinajstić information content (AvgIpc) is 2.59. The van der Waals surface area contributed by atoms with Crippen molar-refractivity contribution in [2.45, 2.75) is 72.6 Å². The fraction of sp³-hybridized carbons (Fsp3) is 0.636. The molecule has 0 radical (unpaired) electrons. The lowest BCUT2D eigenvalue weighted by molar-refractivity contribution is -0.133. The smallest absolute Gasteiger partial charge is 0.233 e. The zero-order valence-corrected chi connectivity index (χ0v) is 16.7. The maximum Gasteiger partial charge on any atom is 0.233 e. The Labute approximate surface area is 157 Å². The van der Waals surface area contributed by atoms with Crippen molar-refractivity contribution in [3.63, 3.8) is 0 Å². The molecule has 0 aromatic rings. The molecular weight excluding hydrogens is 326 g/mol. The van der Waals surface area contributed by atoms with Gasteiger partial charge in [-0.1, -0.05) is 45.3 Å². The first kappa shape index (κ1) is 20.5. The summed E-state index contributed by atoms with van der Waals surface area (Å²) in [6, 6.07) is 0. The van der Waals surface area contributed by atoms with E-state index >= 15 is 0 Å². The Bertz CT molecular complexity index is 652. The Morgan fingerprint density at radius 3 is 2.58 bits per heavy atom. The van der Waals surface area contributed by atoms with E-state index in [4.69, 9.17) is 0 Å². The third-order valence-corrected chi connectivity index (χ3v) is 5.18. The van der Waals surface area contributed by atoms with Gasteiger partial charge in [-0.2, -0.15) is 0 Å². The number of nitrogens with one attached hydrogen (secondary N) is 1. The summed E-state index contributed by atoms with van der Waals surface area (Å²) in [5.41, 5.74) is 2.46. The molecule has 4 heteroatoms. The van der Waals surface area contributed by atoms with Crippen molar-refractivity contribution >= 4 is 11.6 Å². The van der Waals surface area contributed by atoms with Crippen LogP contribution in [0.5, 0.6) is 0 Å². The zero-order chi connectivity index (χ0) is 19.3. The van der Waals surface area contributed by atoms with Gasteiger partial charge in [0.15, 0.2) is 0 Å². The van der Waals surface area contributed by atoms with Crippen LogP contribution in [0.3, 0.4) is 0 Å². The second kappa shape index (κ2) is 9.20. The molecule has 26 heavy (non-hydrogen) atoms. The van der Waals surface area contributed by atoms with Crippen LogP contribution < -0.4 is 5.32 Å². The number of ketones is 2. The van der Waals surface area contributed by atoms with Gasteiger partial charge in [0.25, 0.3) is 0 Å². The fourth-order valence-electron chi connectivity index (χ4n) is 3.73. The van der Waals surface area contributed by atoms with E-state index in [2.05, 4.69) is 26.1 Å². The number of rotatable bonds is 8. The summed E-state index contributed by atoms with van der Waals surface area (Å²) in [5.74, 6) is -0.733. The van der Waals surface area contributed by atoms with Gasteiger partial charge in [0.1, 0.15) is 5.76 Å². The molecule has 0 saturated heterocycles. The minimum atomic E-state index is -0.514. The lowest BCUT2D eigenvalue weighted by Crippen LogP contribution is -2.35. The molecule has 0 aliphatic heterocycles. The summed E-state index contributed by atoms with van der Waals surface area (Å²) in [7, 11) is 0. The number of hydrogen-bond donors (Lipinski definition) is 2. The van der Waals surface area contributed by atoms with Crippen LogP contribution in [0, 0.1) is 11.8 Å². The van der Waals surface area contributed by atoms with Crippen molar-refractivity contribution in [2.75, 3.05) is 6.54 Å². The first-order chi connectivity index (χ1) is 12.4. The van der Waals surface area contributed by atoms with Gasteiger partial charge in [0, 0.05) is 18.0 Å². The van der Waals surface area contributed by atoms with Crippen molar-refractivity contribution in [3.8, 4) is 0 Å². The van der Waals surface area contributed by atoms with Crippen molar-refractivity contribution in [3.05, 3.63) is 34.3 Å². The van der Waals surface area contributed by atoms with Crippen LogP contribution in [0.1, 0.15) is 72.6 Å². The van der Waals surface area contributed by atoms with Gasteiger partial charge in [-0.15, -0.1) is 0 Å². The van der Waals surface area contributed by atoms with Crippen molar-refractivity contribution in [1.29, 1.82) is 0 Å². The van der Waals surface area contributed by atoms with Crippen LogP contribution in [-0.2, 0) is 9.59 Å². The van der Waals surface area contributed by atoms with E-state index in [9.17, 15) is 14.7 Å². The zero-order valence-electron chi connectivity index (χ0n) is 16.7. The number of allylic oxidation sites excluding steroid dienone is 4. The number of aliphatic hydroxyl groups is 1.